The van der Waals surface area contributed by atoms with Crippen molar-refractivity contribution in [1.29, 1.82) is 0 Å². The Labute approximate surface area is 73.9 Å². The summed E-state index contributed by atoms with van der Waals surface area (Å²) in [6.45, 7) is 0.541. The molecule has 1 fully saturated rings. The molecule has 12 heavy (non-hydrogen) atoms. The zero-order valence-corrected chi connectivity index (χ0v) is 8.02. The highest BCUT2D eigenvalue weighted by atomic mass is 19.1. The van der Waals surface area contributed by atoms with Gasteiger partial charge in [-0.15, -0.1) is 0 Å². The van der Waals surface area contributed by atoms with E-state index < -0.39 is 5.67 Å². The van der Waals surface area contributed by atoms with Gasteiger partial charge in [-0.05, 0) is 39.8 Å². The van der Waals surface area contributed by atoms with E-state index in [2.05, 4.69) is 0 Å². The predicted molar refractivity (Wildman–Crippen MR) is 48.8 cm³/mol. The molecule has 2 nitrogen and oxygen atoms in total. The van der Waals surface area contributed by atoms with Crippen LogP contribution in [0.4, 0.5) is 4.39 Å². The van der Waals surface area contributed by atoms with Crippen LogP contribution in [0.15, 0.2) is 0 Å². The average Bonchev–Trinajstić information content (AvgIpc) is 1.94. The Balaban J connectivity index is 2.39. The van der Waals surface area contributed by atoms with Crippen LogP contribution in [0.3, 0.4) is 0 Å². The second-order valence-corrected chi connectivity index (χ2v) is 4.23. The molecule has 0 amide bonds. The molecule has 0 spiro atoms. The molecule has 0 heterocycles. The standard InChI is InChI=1S/C9H19FN2/c1-12(2)7-9(10)5-3-8(11)4-6-9/h8H,3-7,11H2,1-2H3. The van der Waals surface area contributed by atoms with Crippen LogP contribution in [0, 0.1) is 0 Å². The van der Waals surface area contributed by atoms with E-state index in [4.69, 9.17) is 5.73 Å². The number of nitrogens with zero attached hydrogens (tertiary/aromatic N) is 1. The lowest BCUT2D eigenvalue weighted by molar-refractivity contribution is 0.0677. The lowest BCUT2D eigenvalue weighted by atomic mass is 9.83. The first kappa shape index (κ1) is 9.93. The highest BCUT2D eigenvalue weighted by Gasteiger charge is 2.34. The molecule has 0 aromatic rings. The Morgan fingerprint density at radius 1 is 1.42 bits per heavy atom. The van der Waals surface area contributed by atoms with Gasteiger partial charge in [0.25, 0.3) is 0 Å². The first-order valence-corrected chi connectivity index (χ1v) is 4.61. The fourth-order valence-electron chi connectivity index (χ4n) is 1.88. The smallest absolute Gasteiger partial charge is 0.123 e. The van der Waals surface area contributed by atoms with Crippen molar-refractivity contribution in [1.82, 2.24) is 4.90 Å². The van der Waals surface area contributed by atoms with E-state index in [1.54, 1.807) is 0 Å². The summed E-state index contributed by atoms with van der Waals surface area (Å²) in [5, 5.41) is 0. The van der Waals surface area contributed by atoms with Gasteiger partial charge in [0.1, 0.15) is 5.67 Å². The Morgan fingerprint density at radius 3 is 2.33 bits per heavy atom. The molecule has 0 saturated heterocycles. The first-order valence-electron chi connectivity index (χ1n) is 4.61. The molecule has 0 atom stereocenters. The maximum Gasteiger partial charge on any atom is 0.123 e. The minimum atomic E-state index is -0.973. The SMILES string of the molecule is CN(C)CC1(F)CCC(N)CC1. The van der Waals surface area contributed by atoms with E-state index in [1.165, 1.54) is 0 Å². The van der Waals surface area contributed by atoms with E-state index in [1.807, 2.05) is 19.0 Å². The van der Waals surface area contributed by atoms with Gasteiger partial charge in [-0.2, -0.15) is 0 Å². The highest BCUT2D eigenvalue weighted by Crippen LogP contribution is 2.31. The van der Waals surface area contributed by atoms with Crippen molar-refractivity contribution >= 4 is 0 Å². The van der Waals surface area contributed by atoms with Gasteiger partial charge in [0, 0.05) is 12.6 Å². The number of alkyl halides is 1. The third-order valence-corrected chi connectivity index (χ3v) is 2.53. The first-order chi connectivity index (χ1) is 5.52. The zero-order chi connectivity index (χ0) is 9.19. The molecule has 2 N–H and O–H groups in total. The van der Waals surface area contributed by atoms with Gasteiger partial charge in [-0.1, -0.05) is 0 Å². The third-order valence-electron chi connectivity index (χ3n) is 2.53. The van der Waals surface area contributed by atoms with Crippen molar-refractivity contribution in [3.05, 3.63) is 0 Å². The predicted octanol–water partition coefficient (Wildman–Crippen LogP) is 1.16. The highest BCUT2D eigenvalue weighted by molar-refractivity contribution is 4.88. The van der Waals surface area contributed by atoms with Crippen molar-refractivity contribution in [3.63, 3.8) is 0 Å². The van der Waals surface area contributed by atoms with Crippen molar-refractivity contribution in [2.45, 2.75) is 37.4 Å². The number of hydrogen-bond acceptors (Lipinski definition) is 2. The Hall–Kier alpha value is -0.150. The molecule has 1 aliphatic rings. The topological polar surface area (TPSA) is 29.3 Å². The molecule has 0 aromatic heterocycles. The molecule has 0 aliphatic heterocycles. The quantitative estimate of drug-likeness (QED) is 0.680. The van der Waals surface area contributed by atoms with Crippen LogP contribution < -0.4 is 5.73 Å². The van der Waals surface area contributed by atoms with Gasteiger partial charge in [0.05, 0.1) is 0 Å². The molecule has 3 heteroatoms. The summed E-state index contributed by atoms with van der Waals surface area (Å²) >= 11 is 0. The van der Waals surface area contributed by atoms with Crippen molar-refractivity contribution < 1.29 is 4.39 Å². The van der Waals surface area contributed by atoms with E-state index in [9.17, 15) is 4.39 Å². The second kappa shape index (κ2) is 3.71. The van der Waals surface area contributed by atoms with Gasteiger partial charge in [0.15, 0.2) is 0 Å². The van der Waals surface area contributed by atoms with Gasteiger partial charge < -0.3 is 10.6 Å². The van der Waals surface area contributed by atoms with Crippen molar-refractivity contribution in [3.8, 4) is 0 Å². The normalized spacial score (nSPS) is 37.2. The summed E-state index contributed by atoms with van der Waals surface area (Å²) in [4.78, 5) is 1.91. The summed E-state index contributed by atoms with van der Waals surface area (Å²) in [5.74, 6) is 0. The Morgan fingerprint density at radius 2 is 1.92 bits per heavy atom. The lowest BCUT2D eigenvalue weighted by Crippen LogP contribution is -2.42. The minimum absolute atomic E-state index is 0.232. The maximum atomic E-state index is 13.9. The molecule has 0 bridgehead atoms. The van der Waals surface area contributed by atoms with E-state index in [0.717, 1.165) is 12.8 Å². The van der Waals surface area contributed by atoms with Crippen molar-refractivity contribution in [2.24, 2.45) is 5.73 Å². The van der Waals surface area contributed by atoms with Gasteiger partial charge in [-0.25, -0.2) is 4.39 Å². The van der Waals surface area contributed by atoms with Crippen LogP contribution >= 0.6 is 0 Å². The average molecular weight is 174 g/mol. The second-order valence-electron chi connectivity index (χ2n) is 4.23. The summed E-state index contributed by atoms with van der Waals surface area (Å²) in [6, 6.07) is 0.232. The fourth-order valence-corrected chi connectivity index (χ4v) is 1.88. The van der Waals surface area contributed by atoms with Gasteiger partial charge in [0.2, 0.25) is 0 Å². The van der Waals surface area contributed by atoms with Crippen LogP contribution in [0.25, 0.3) is 0 Å². The van der Waals surface area contributed by atoms with Gasteiger partial charge >= 0.3 is 0 Å². The Kier molecular flexibility index (Phi) is 3.07. The molecule has 0 radical (unpaired) electrons. The lowest BCUT2D eigenvalue weighted by Gasteiger charge is -2.34. The number of rotatable bonds is 2. The zero-order valence-electron chi connectivity index (χ0n) is 8.02. The van der Waals surface area contributed by atoms with E-state index in [0.29, 0.717) is 19.4 Å². The number of halogens is 1. The van der Waals surface area contributed by atoms with Crippen LogP contribution in [0.2, 0.25) is 0 Å². The monoisotopic (exact) mass is 174 g/mol. The van der Waals surface area contributed by atoms with Crippen LogP contribution in [-0.4, -0.2) is 37.3 Å². The summed E-state index contributed by atoms with van der Waals surface area (Å²) in [5.41, 5.74) is 4.73. The van der Waals surface area contributed by atoms with Crippen LogP contribution in [-0.2, 0) is 0 Å². The van der Waals surface area contributed by atoms with Crippen molar-refractivity contribution in [2.75, 3.05) is 20.6 Å². The van der Waals surface area contributed by atoms with E-state index in [-0.39, 0.29) is 6.04 Å². The number of nitrogens with two attached hydrogens (primary N) is 1. The van der Waals surface area contributed by atoms with E-state index >= 15 is 0 Å². The fraction of sp³-hybridized carbons (Fsp3) is 1.00. The molecule has 0 aromatic carbocycles. The molecule has 1 rings (SSSR count). The molecule has 1 aliphatic carbocycles. The summed E-state index contributed by atoms with van der Waals surface area (Å²) < 4.78 is 13.9. The molecule has 72 valence electrons. The third kappa shape index (κ3) is 2.72. The Bertz CT molecular complexity index is 139. The number of hydrogen-bond donors (Lipinski definition) is 1. The molecular weight excluding hydrogens is 155 g/mol. The largest absolute Gasteiger partial charge is 0.328 e. The maximum absolute atomic E-state index is 13.9. The molecular formula is C9H19FN2. The van der Waals surface area contributed by atoms with Crippen LogP contribution in [0.1, 0.15) is 25.7 Å². The summed E-state index contributed by atoms with van der Waals surface area (Å²) in [6.07, 6.45) is 2.94. The molecule has 0 unspecified atom stereocenters. The molecule has 1 saturated carbocycles. The minimum Gasteiger partial charge on any atom is -0.328 e. The van der Waals surface area contributed by atoms with Crippen LogP contribution in [0.5, 0.6) is 0 Å². The summed E-state index contributed by atoms with van der Waals surface area (Å²) in [7, 11) is 3.83. The van der Waals surface area contributed by atoms with Gasteiger partial charge in [-0.3, -0.25) is 0 Å².